The highest BCUT2D eigenvalue weighted by molar-refractivity contribution is 7.85. The summed E-state index contributed by atoms with van der Waals surface area (Å²) in [7, 11) is -3.29. The van der Waals surface area contributed by atoms with Gasteiger partial charge in [-0.05, 0) is 23.3 Å². The van der Waals surface area contributed by atoms with Gasteiger partial charge in [0.1, 0.15) is 0 Å². The molecule has 0 N–H and O–H groups in total. The van der Waals surface area contributed by atoms with Gasteiger partial charge in [-0.1, -0.05) is 30.3 Å². The van der Waals surface area contributed by atoms with Crippen molar-refractivity contribution in [3.05, 3.63) is 35.9 Å². The summed E-state index contributed by atoms with van der Waals surface area (Å²) >= 11 is 0. The smallest absolute Gasteiger partial charge is 0.264 e. The lowest BCUT2D eigenvalue weighted by Gasteiger charge is -2.19. The SMILES string of the molecule is CS(=O)(=O)OCC1C2CN(Cc3ccccc3)C[C@H]12. The minimum absolute atomic E-state index is 0.368. The molecule has 0 radical (unpaired) electrons. The van der Waals surface area contributed by atoms with Gasteiger partial charge < -0.3 is 0 Å². The first-order valence-electron chi connectivity index (χ1n) is 6.63. The van der Waals surface area contributed by atoms with E-state index in [9.17, 15) is 8.42 Å². The van der Waals surface area contributed by atoms with Crippen molar-refractivity contribution in [2.45, 2.75) is 6.54 Å². The van der Waals surface area contributed by atoms with Crippen LogP contribution in [0.2, 0.25) is 0 Å². The fraction of sp³-hybridized carbons (Fsp3) is 0.571. The number of benzene rings is 1. The van der Waals surface area contributed by atoms with Crippen molar-refractivity contribution in [2.75, 3.05) is 26.0 Å². The van der Waals surface area contributed by atoms with Gasteiger partial charge in [0.15, 0.2) is 0 Å². The molecule has 104 valence electrons. The Morgan fingerprint density at radius 3 is 2.42 bits per heavy atom. The Morgan fingerprint density at radius 1 is 1.21 bits per heavy atom. The Bertz CT molecular complexity index is 531. The minimum atomic E-state index is -3.29. The van der Waals surface area contributed by atoms with Crippen molar-refractivity contribution < 1.29 is 12.6 Å². The Hall–Kier alpha value is -0.910. The fourth-order valence-electron chi connectivity index (χ4n) is 3.16. The zero-order valence-electron chi connectivity index (χ0n) is 11.0. The zero-order chi connectivity index (χ0) is 13.5. The van der Waals surface area contributed by atoms with E-state index in [0.717, 1.165) is 25.9 Å². The molecule has 19 heavy (non-hydrogen) atoms. The molecule has 5 heteroatoms. The van der Waals surface area contributed by atoms with E-state index in [1.54, 1.807) is 0 Å². The summed E-state index contributed by atoms with van der Waals surface area (Å²) in [5.74, 6) is 1.71. The molecule has 0 aromatic heterocycles. The van der Waals surface area contributed by atoms with Crippen LogP contribution in [-0.2, 0) is 20.8 Å². The third-order valence-corrected chi connectivity index (χ3v) is 4.73. The molecule has 1 aliphatic carbocycles. The van der Waals surface area contributed by atoms with E-state index in [1.165, 1.54) is 5.56 Å². The summed E-state index contributed by atoms with van der Waals surface area (Å²) in [5.41, 5.74) is 1.34. The molecule has 1 saturated carbocycles. The van der Waals surface area contributed by atoms with Crippen LogP contribution in [0.3, 0.4) is 0 Å². The van der Waals surface area contributed by atoms with E-state index in [1.807, 2.05) is 6.07 Å². The summed E-state index contributed by atoms with van der Waals surface area (Å²) in [6.45, 7) is 3.50. The number of hydrogen-bond acceptors (Lipinski definition) is 4. The van der Waals surface area contributed by atoms with E-state index in [2.05, 4.69) is 29.2 Å². The Balaban J connectivity index is 1.46. The number of hydrogen-bond donors (Lipinski definition) is 0. The van der Waals surface area contributed by atoms with Crippen LogP contribution in [0.25, 0.3) is 0 Å². The van der Waals surface area contributed by atoms with E-state index in [4.69, 9.17) is 4.18 Å². The van der Waals surface area contributed by atoms with Crippen LogP contribution in [0.1, 0.15) is 5.56 Å². The van der Waals surface area contributed by atoms with Crippen molar-refractivity contribution in [2.24, 2.45) is 17.8 Å². The first kappa shape index (κ1) is 13.1. The maximum atomic E-state index is 11.0. The van der Waals surface area contributed by atoms with E-state index >= 15 is 0 Å². The molecule has 0 bridgehead atoms. The molecule has 2 unspecified atom stereocenters. The highest BCUT2D eigenvalue weighted by atomic mass is 32.2. The monoisotopic (exact) mass is 281 g/mol. The fourth-order valence-corrected chi connectivity index (χ4v) is 3.56. The molecule has 0 amide bonds. The summed E-state index contributed by atoms with van der Waals surface area (Å²) in [4.78, 5) is 2.45. The van der Waals surface area contributed by atoms with Crippen LogP contribution in [-0.4, -0.2) is 39.3 Å². The van der Waals surface area contributed by atoms with Crippen LogP contribution in [0, 0.1) is 17.8 Å². The molecular weight excluding hydrogens is 262 g/mol. The largest absolute Gasteiger partial charge is 0.298 e. The third kappa shape index (κ3) is 3.16. The van der Waals surface area contributed by atoms with Crippen molar-refractivity contribution >= 4 is 10.1 Å². The number of fused-ring (bicyclic) bond motifs is 1. The van der Waals surface area contributed by atoms with Gasteiger partial charge in [-0.3, -0.25) is 9.08 Å². The molecule has 1 aromatic carbocycles. The van der Waals surface area contributed by atoms with E-state index in [0.29, 0.717) is 24.4 Å². The van der Waals surface area contributed by atoms with Crippen molar-refractivity contribution in [1.82, 2.24) is 4.90 Å². The molecular formula is C14H19NO3S. The molecule has 3 rings (SSSR count). The highest BCUT2D eigenvalue weighted by Gasteiger charge is 2.55. The van der Waals surface area contributed by atoms with Gasteiger partial charge in [-0.25, -0.2) is 0 Å². The van der Waals surface area contributed by atoms with Gasteiger partial charge in [0.25, 0.3) is 10.1 Å². The van der Waals surface area contributed by atoms with E-state index in [-0.39, 0.29) is 0 Å². The predicted molar refractivity (Wildman–Crippen MR) is 73.0 cm³/mol. The van der Waals surface area contributed by atoms with Crippen LogP contribution in [0.4, 0.5) is 0 Å². The minimum Gasteiger partial charge on any atom is -0.298 e. The average Bonchev–Trinajstić information content (AvgIpc) is 2.80. The van der Waals surface area contributed by atoms with Crippen LogP contribution >= 0.6 is 0 Å². The molecule has 1 heterocycles. The first-order valence-corrected chi connectivity index (χ1v) is 8.45. The normalized spacial score (nSPS) is 30.3. The van der Waals surface area contributed by atoms with Crippen LogP contribution in [0.15, 0.2) is 30.3 Å². The number of nitrogens with zero attached hydrogens (tertiary/aromatic N) is 1. The van der Waals surface area contributed by atoms with Crippen LogP contribution < -0.4 is 0 Å². The van der Waals surface area contributed by atoms with Gasteiger partial charge in [0, 0.05) is 19.6 Å². The second kappa shape index (κ2) is 4.89. The second-order valence-corrected chi connectivity index (χ2v) is 7.30. The lowest BCUT2D eigenvalue weighted by molar-refractivity contribution is 0.234. The maximum absolute atomic E-state index is 11.0. The summed E-state index contributed by atoms with van der Waals surface area (Å²) in [6, 6.07) is 10.5. The highest BCUT2D eigenvalue weighted by Crippen LogP contribution is 2.52. The molecule has 1 aliphatic heterocycles. The Labute approximate surface area is 114 Å². The summed E-state index contributed by atoms with van der Waals surface area (Å²) in [6.07, 6.45) is 1.12. The molecule has 0 spiro atoms. The van der Waals surface area contributed by atoms with Crippen molar-refractivity contribution in [3.63, 3.8) is 0 Å². The molecule has 3 atom stereocenters. The third-order valence-electron chi connectivity index (χ3n) is 4.17. The van der Waals surface area contributed by atoms with Gasteiger partial charge >= 0.3 is 0 Å². The molecule has 4 nitrogen and oxygen atoms in total. The molecule has 2 fully saturated rings. The predicted octanol–water partition coefficient (Wildman–Crippen LogP) is 1.34. The Morgan fingerprint density at radius 2 is 1.84 bits per heavy atom. The standard InChI is InChI=1S/C14H19NO3S/c1-19(16,17)18-10-14-12-8-15(9-13(12)14)7-11-5-3-2-4-6-11/h2-6,12-14H,7-10H2,1H3/t12-,13?,14?/m0/s1. The van der Waals surface area contributed by atoms with Gasteiger partial charge in [0.2, 0.25) is 0 Å². The lowest BCUT2D eigenvalue weighted by atomic mass is 10.2. The quantitative estimate of drug-likeness (QED) is 0.764. The maximum Gasteiger partial charge on any atom is 0.264 e. The first-order chi connectivity index (χ1) is 9.03. The number of piperidine rings is 1. The molecule has 2 aliphatic rings. The number of rotatable bonds is 5. The van der Waals surface area contributed by atoms with Crippen molar-refractivity contribution in [1.29, 1.82) is 0 Å². The van der Waals surface area contributed by atoms with Crippen molar-refractivity contribution in [3.8, 4) is 0 Å². The average molecular weight is 281 g/mol. The summed E-state index contributed by atoms with van der Waals surface area (Å²) in [5, 5.41) is 0. The van der Waals surface area contributed by atoms with Crippen LogP contribution in [0.5, 0.6) is 0 Å². The van der Waals surface area contributed by atoms with Gasteiger partial charge in [-0.15, -0.1) is 0 Å². The Kier molecular flexibility index (Phi) is 3.37. The van der Waals surface area contributed by atoms with Gasteiger partial charge in [0.05, 0.1) is 12.9 Å². The molecule has 1 aromatic rings. The zero-order valence-corrected chi connectivity index (χ0v) is 11.8. The molecule has 1 saturated heterocycles. The van der Waals surface area contributed by atoms with E-state index < -0.39 is 10.1 Å². The second-order valence-electron chi connectivity index (χ2n) is 5.66. The summed E-state index contributed by atoms with van der Waals surface area (Å²) < 4.78 is 26.8. The topological polar surface area (TPSA) is 46.6 Å². The number of likely N-dealkylation sites (tertiary alicyclic amines) is 1. The van der Waals surface area contributed by atoms with Gasteiger partial charge in [-0.2, -0.15) is 8.42 Å². The lowest BCUT2D eigenvalue weighted by Crippen LogP contribution is -2.25.